The third-order valence-corrected chi connectivity index (χ3v) is 6.53. The van der Waals surface area contributed by atoms with Crippen molar-refractivity contribution in [1.29, 1.82) is 0 Å². The number of benzene rings is 2. The minimum atomic E-state index is -3.70. The van der Waals surface area contributed by atoms with Crippen LogP contribution in [0.5, 0.6) is 17.2 Å². The molecule has 0 amide bonds. The summed E-state index contributed by atoms with van der Waals surface area (Å²) in [5.41, 5.74) is 1.01. The molecule has 4 rings (SSSR count). The molecule has 2 aromatic rings. The van der Waals surface area contributed by atoms with E-state index in [0.29, 0.717) is 24.7 Å². The first kappa shape index (κ1) is 20.0. The van der Waals surface area contributed by atoms with Crippen molar-refractivity contribution >= 4 is 10.0 Å². The van der Waals surface area contributed by atoms with Crippen molar-refractivity contribution in [3.63, 3.8) is 0 Å². The number of hydrogen-bond acceptors (Lipinski definition) is 7. The standard InChI is InChI=1S/C20H24N2O6S/c1-25-16-4-2-15(3-5-16)18(22-8-10-26-11-9-22)13-21-29(23,24)17-6-7-19-20(12-17)28-14-27-19/h2-7,12,18,21H,8-11,13-14H2,1H3/t18-/m0/s1. The third-order valence-electron chi connectivity index (χ3n) is 5.11. The van der Waals surface area contributed by atoms with Gasteiger partial charge in [-0.25, -0.2) is 13.1 Å². The summed E-state index contributed by atoms with van der Waals surface area (Å²) in [5, 5.41) is 0. The van der Waals surface area contributed by atoms with Crippen LogP contribution in [0.2, 0.25) is 0 Å². The van der Waals surface area contributed by atoms with Crippen molar-refractivity contribution < 1.29 is 27.4 Å². The van der Waals surface area contributed by atoms with Crippen molar-refractivity contribution in [1.82, 2.24) is 9.62 Å². The van der Waals surface area contributed by atoms with E-state index in [0.717, 1.165) is 24.4 Å². The summed E-state index contributed by atoms with van der Waals surface area (Å²) >= 11 is 0. The molecule has 0 aliphatic carbocycles. The van der Waals surface area contributed by atoms with Crippen LogP contribution in [-0.2, 0) is 14.8 Å². The fourth-order valence-corrected chi connectivity index (χ4v) is 4.54. The molecular formula is C20H24N2O6S. The molecule has 2 aliphatic heterocycles. The summed E-state index contributed by atoms with van der Waals surface area (Å²) in [6.07, 6.45) is 0. The Morgan fingerprint density at radius 2 is 1.79 bits per heavy atom. The number of hydrogen-bond donors (Lipinski definition) is 1. The van der Waals surface area contributed by atoms with Gasteiger partial charge in [0.15, 0.2) is 11.5 Å². The van der Waals surface area contributed by atoms with Gasteiger partial charge in [0.2, 0.25) is 16.8 Å². The predicted molar refractivity (Wildman–Crippen MR) is 106 cm³/mol. The summed E-state index contributed by atoms with van der Waals surface area (Å²) in [5.74, 6) is 1.75. The average Bonchev–Trinajstić information content (AvgIpc) is 3.23. The molecule has 1 N–H and O–H groups in total. The van der Waals surface area contributed by atoms with Crippen LogP contribution in [0.3, 0.4) is 0 Å². The monoisotopic (exact) mass is 420 g/mol. The lowest BCUT2D eigenvalue weighted by atomic mass is 10.0. The van der Waals surface area contributed by atoms with Gasteiger partial charge in [-0.3, -0.25) is 4.90 Å². The molecule has 0 radical (unpaired) electrons. The van der Waals surface area contributed by atoms with Crippen LogP contribution in [-0.4, -0.2) is 60.1 Å². The fourth-order valence-electron chi connectivity index (χ4n) is 3.49. The van der Waals surface area contributed by atoms with E-state index in [9.17, 15) is 8.42 Å². The number of nitrogens with zero attached hydrogens (tertiary/aromatic N) is 1. The zero-order chi connectivity index (χ0) is 20.3. The highest BCUT2D eigenvalue weighted by Gasteiger charge is 2.26. The number of sulfonamides is 1. The van der Waals surface area contributed by atoms with Gasteiger partial charge in [-0.05, 0) is 29.8 Å². The van der Waals surface area contributed by atoms with E-state index in [4.69, 9.17) is 18.9 Å². The summed E-state index contributed by atoms with van der Waals surface area (Å²) in [4.78, 5) is 2.38. The van der Waals surface area contributed by atoms with Gasteiger partial charge in [-0.15, -0.1) is 0 Å². The number of methoxy groups -OCH3 is 1. The maximum absolute atomic E-state index is 12.9. The van der Waals surface area contributed by atoms with E-state index in [1.807, 2.05) is 24.3 Å². The Labute approximate surface area is 170 Å². The quantitative estimate of drug-likeness (QED) is 0.731. The highest BCUT2D eigenvalue weighted by Crippen LogP contribution is 2.34. The smallest absolute Gasteiger partial charge is 0.240 e. The Balaban J connectivity index is 1.53. The molecule has 1 fully saturated rings. The number of fused-ring (bicyclic) bond motifs is 1. The Morgan fingerprint density at radius 1 is 1.07 bits per heavy atom. The van der Waals surface area contributed by atoms with Crippen LogP contribution < -0.4 is 18.9 Å². The zero-order valence-corrected chi connectivity index (χ0v) is 17.0. The van der Waals surface area contributed by atoms with E-state index in [2.05, 4.69) is 9.62 Å². The lowest BCUT2D eigenvalue weighted by Gasteiger charge is -2.35. The molecule has 0 saturated carbocycles. The van der Waals surface area contributed by atoms with Gasteiger partial charge >= 0.3 is 0 Å². The lowest BCUT2D eigenvalue weighted by Crippen LogP contribution is -2.43. The fraction of sp³-hybridized carbons (Fsp3) is 0.400. The zero-order valence-electron chi connectivity index (χ0n) is 16.2. The van der Waals surface area contributed by atoms with E-state index < -0.39 is 10.0 Å². The molecule has 1 atom stereocenters. The highest BCUT2D eigenvalue weighted by molar-refractivity contribution is 7.89. The van der Waals surface area contributed by atoms with Crippen LogP contribution in [0.4, 0.5) is 0 Å². The lowest BCUT2D eigenvalue weighted by molar-refractivity contribution is 0.0172. The van der Waals surface area contributed by atoms with Crippen LogP contribution in [0.15, 0.2) is 47.4 Å². The molecule has 0 aromatic heterocycles. The maximum Gasteiger partial charge on any atom is 0.240 e. The Bertz CT molecular complexity index is 942. The first-order valence-electron chi connectivity index (χ1n) is 9.42. The number of rotatable bonds is 7. The molecular weight excluding hydrogens is 396 g/mol. The van der Waals surface area contributed by atoms with Crippen molar-refractivity contribution in [2.75, 3.05) is 46.8 Å². The number of morpholine rings is 1. The van der Waals surface area contributed by atoms with Crippen LogP contribution >= 0.6 is 0 Å². The molecule has 8 nitrogen and oxygen atoms in total. The van der Waals surface area contributed by atoms with Gasteiger partial charge in [0.25, 0.3) is 0 Å². The highest BCUT2D eigenvalue weighted by atomic mass is 32.2. The van der Waals surface area contributed by atoms with Crippen molar-refractivity contribution in [3.05, 3.63) is 48.0 Å². The summed E-state index contributed by atoms with van der Waals surface area (Å²) in [6.45, 7) is 3.07. The topological polar surface area (TPSA) is 86.3 Å². The molecule has 9 heteroatoms. The van der Waals surface area contributed by atoms with Gasteiger partial charge in [-0.1, -0.05) is 12.1 Å². The molecule has 0 spiro atoms. The molecule has 29 heavy (non-hydrogen) atoms. The minimum absolute atomic E-state index is 0.100. The van der Waals surface area contributed by atoms with Gasteiger partial charge in [0.1, 0.15) is 5.75 Å². The van der Waals surface area contributed by atoms with Crippen LogP contribution in [0.1, 0.15) is 11.6 Å². The second-order valence-electron chi connectivity index (χ2n) is 6.80. The number of ether oxygens (including phenoxy) is 4. The van der Waals surface area contributed by atoms with Crippen LogP contribution in [0.25, 0.3) is 0 Å². The van der Waals surface area contributed by atoms with Crippen LogP contribution in [0, 0.1) is 0 Å². The SMILES string of the molecule is COc1ccc([C@H](CNS(=O)(=O)c2ccc3c(c2)OCO3)N2CCOCC2)cc1. The molecule has 156 valence electrons. The Hall–Kier alpha value is -2.33. The maximum atomic E-state index is 12.9. The Morgan fingerprint density at radius 3 is 2.52 bits per heavy atom. The minimum Gasteiger partial charge on any atom is -0.497 e. The first-order valence-corrected chi connectivity index (χ1v) is 10.9. The number of nitrogens with one attached hydrogen (secondary N) is 1. The van der Waals surface area contributed by atoms with Gasteiger partial charge < -0.3 is 18.9 Å². The van der Waals surface area contributed by atoms with E-state index in [1.165, 1.54) is 12.1 Å². The predicted octanol–water partition coefficient (Wildman–Crippen LogP) is 1.78. The van der Waals surface area contributed by atoms with Gasteiger partial charge in [0.05, 0.1) is 25.2 Å². The second-order valence-corrected chi connectivity index (χ2v) is 8.57. The normalized spacial score (nSPS) is 17.8. The molecule has 2 heterocycles. The van der Waals surface area contributed by atoms with E-state index in [-0.39, 0.29) is 24.3 Å². The largest absolute Gasteiger partial charge is 0.497 e. The summed E-state index contributed by atoms with van der Waals surface area (Å²) in [6, 6.07) is 12.2. The van der Waals surface area contributed by atoms with Crippen molar-refractivity contribution in [2.24, 2.45) is 0 Å². The van der Waals surface area contributed by atoms with E-state index >= 15 is 0 Å². The molecule has 0 bridgehead atoms. The average molecular weight is 420 g/mol. The summed E-state index contributed by atoms with van der Waals surface area (Å²) < 4.78 is 49.8. The molecule has 0 unspecified atom stereocenters. The third kappa shape index (κ3) is 4.48. The first-order chi connectivity index (χ1) is 14.1. The Kier molecular flexibility index (Phi) is 5.91. The van der Waals surface area contributed by atoms with E-state index in [1.54, 1.807) is 13.2 Å². The summed E-state index contributed by atoms with van der Waals surface area (Å²) in [7, 11) is -2.09. The molecule has 2 aliphatic rings. The molecule has 1 saturated heterocycles. The second kappa shape index (κ2) is 8.58. The van der Waals surface area contributed by atoms with Crippen molar-refractivity contribution in [3.8, 4) is 17.2 Å². The van der Waals surface area contributed by atoms with Crippen molar-refractivity contribution in [2.45, 2.75) is 10.9 Å². The van der Waals surface area contributed by atoms with Gasteiger partial charge in [0, 0.05) is 31.7 Å². The van der Waals surface area contributed by atoms with Gasteiger partial charge in [-0.2, -0.15) is 0 Å². The molecule has 2 aromatic carbocycles.